The molecule has 0 aliphatic rings. The molecule has 7 heteroatoms. The van der Waals surface area contributed by atoms with Crippen LogP contribution in [0.4, 0.5) is 0 Å². The Kier molecular flexibility index (Phi) is 4.83. The number of thiophene rings is 1. The first kappa shape index (κ1) is 16.2. The summed E-state index contributed by atoms with van der Waals surface area (Å²) in [5.74, 6) is 0.966. The molecule has 5 nitrogen and oxygen atoms in total. The van der Waals surface area contributed by atoms with Gasteiger partial charge in [-0.2, -0.15) is 4.98 Å². The van der Waals surface area contributed by atoms with Gasteiger partial charge in [0.1, 0.15) is 5.75 Å². The molecule has 0 aliphatic heterocycles. The molecule has 0 aliphatic carbocycles. The average molecular weight is 328 g/mol. The fraction of sp³-hybridized carbons (Fsp3) is 0.571. The SMILES string of the molecule is Cc1cc(CS(=O)(=O)Cc2nc(CC(C)C)no2)c(C)s1. The van der Waals surface area contributed by atoms with E-state index in [0.717, 1.165) is 15.3 Å². The van der Waals surface area contributed by atoms with Crippen molar-refractivity contribution in [2.75, 3.05) is 0 Å². The highest BCUT2D eigenvalue weighted by molar-refractivity contribution is 7.89. The molecule has 0 spiro atoms. The van der Waals surface area contributed by atoms with Gasteiger partial charge >= 0.3 is 0 Å². The van der Waals surface area contributed by atoms with E-state index in [2.05, 4.69) is 24.0 Å². The molecule has 2 aromatic rings. The van der Waals surface area contributed by atoms with Crippen LogP contribution in [0.25, 0.3) is 0 Å². The van der Waals surface area contributed by atoms with E-state index in [1.165, 1.54) is 0 Å². The van der Waals surface area contributed by atoms with Gasteiger partial charge in [-0.3, -0.25) is 0 Å². The Morgan fingerprint density at radius 1 is 1.29 bits per heavy atom. The van der Waals surface area contributed by atoms with Crippen LogP contribution in [0.1, 0.15) is 40.9 Å². The summed E-state index contributed by atoms with van der Waals surface area (Å²) in [5.41, 5.74) is 0.861. The maximum Gasteiger partial charge on any atom is 0.241 e. The lowest BCUT2D eigenvalue weighted by Gasteiger charge is -2.01. The van der Waals surface area contributed by atoms with Crippen molar-refractivity contribution in [3.05, 3.63) is 33.1 Å². The first-order valence-electron chi connectivity index (χ1n) is 6.83. The lowest BCUT2D eigenvalue weighted by atomic mass is 10.1. The number of nitrogens with zero attached hydrogens (tertiary/aromatic N) is 2. The number of aryl methyl sites for hydroxylation is 2. The molecule has 0 N–H and O–H groups in total. The average Bonchev–Trinajstić information content (AvgIpc) is 2.84. The van der Waals surface area contributed by atoms with Crippen molar-refractivity contribution >= 4 is 21.2 Å². The molecule has 0 fully saturated rings. The van der Waals surface area contributed by atoms with Crippen molar-refractivity contribution in [2.45, 2.75) is 45.6 Å². The van der Waals surface area contributed by atoms with E-state index in [-0.39, 0.29) is 17.4 Å². The summed E-state index contributed by atoms with van der Waals surface area (Å²) in [6.07, 6.45) is 0.687. The van der Waals surface area contributed by atoms with Crippen molar-refractivity contribution in [1.29, 1.82) is 0 Å². The predicted molar refractivity (Wildman–Crippen MR) is 83.0 cm³/mol. The third-order valence-electron chi connectivity index (χ3n) is 2.96. The van der Waals surface area contributed by atoms with Crippen molar-refractivity contribution in [1.82, 2.24) is 10.1 Å². The molecule has 0 amide bonds. The maximum absolute atomic E-state index is 12.2. The fourth-order valence-electron chi connectivity index (χ4n) is 2.10. The summed E-state index contributed by atoms with van der Waals surface area (Å²) >= 11 is 1.61. The molecule has 21 heavy (non-hydrogen) atoms. The van der Waals surface area contributed by atoms with E-state index in [0.29, 0.717) is 18.2 Å². The molecule has 0 aromatic carbocycles. The molecule has 116 valence electrons. The van der Waals surface area contributed by atoms with Gasteiger partial charge in [0.2, 0.25) is 5.89 Å². The molecule has 0 saturated carbocycles. The van der Waals surface area contributed by atoms with Gasteiger partial charge in [0.15, 0.2) is 15.7 Å². The monoisotopic (exact) mass is 328 g/mol. The molecule has 0 unspecified atom stereocenters. The summed E-state index contributed by atoms with van der Waals surface area (Å²) in [4.78, 5) is 6.31. The third kappa shape index (κ3) is 4.64. The minimum Gasteiger partial charge on any atom is -0.338 e. The molecule has 2 heterocycles. The molecule has 2 rings (SSSR count). The largest absolute Gasteiger partial charge is 0.338 e. The standard InChI is InChI=1S/C14H20N2O3S2/c1-9(2)5-13-15-14(19-16-13)8-21(17,18)7-12-6-10(3)20-11(12)4/h6,9H,5,7-8H2,1-4H3. The van der Waals surface area contributed by atoms with E-state index in [4.69, 9.17) is 4.52 Å². The summed E-state index contributed by atoms with van der Waals surface area (Å²) in [7, 11) is -3.30. The third-order valence-corrected chi connectivity index (χ3v) is 5.41. The van der Waals surface area contributed by atoms with E-state index in [1.807, 2.05) is 19.9 Å². The van der Waals surface area contributed by atoms with Crippen LogP contribution >= 0.6 is 11.3 Å². The van der Waals surface area contributed by atoms with Crippen molar-refractivity contribution in [3.8, 4) is 0 Å². The predicted octanol–water partition coefficient (Wildman–Crippen LogP) is 3.06. The number of hydrogen-bond acceptors (Lipinski definition) is 6. The van der Waals surface area contributed by atoms with Gasteiger partial charge in [0.05, 0.1) is 5.75 Å². The van der Waals surface area contributed by atoms with E-state index in [9.17, 15) is 8.42 Å². The van der Waals surface area contributed by atoms with Crippen molar-refractivity contribution in [3.63, 3.8) is 0 Å². The Morgan fingerprint density at radius 3 is 2.57 bits per heavy atom. The van der Waals surface area contributed by atoms with Gasteiger partial charge in [0, 0.05) is 16.2 Å². The number of rotatable bonds is 6. The van der Waals surface area contributed by atoms with Gasteiger partial charge in [-0.1, -0.05) is 19.0 Å². The smallest absolute Gasteiger partial charge is 0.241 e. The number of sulfone groups is 1. The normalized spacial score (nSPS) is 12.2. The van der Waals surface area contributed by atoms with Crippen LogP contribution < -0.4 is 0 Å². The highest BCUT2D eigenvalue weighted by Gasteiger charge is 2.20. The molecule has 0 radical (unpaired) electrons. The second-order valence-corrected chi connectivity index (χ2v) is 9.20. The van der Waals surface area contributed by atoms with Gasteiger partial charge in [-0.05, 0) is 31.4 Å². The van der Waals surface area contributed by atoms with Gasteiger partial charge < -0.3 is 4.52 Å². The zero-order chi connectivity index (χ0) is 15.6. The molecule has 0 atom stereocenters. The van der Waals surface area contributed by atoms with E-state index >= 15 is 0 Å². The van der Waals surface area contributed by atoms with Crippen molar-refractivity contribution < 1.29 is 12.9 Å². The fourth-order valence-corrected chi connectivity index (χ4v) is 4.51. The van der Waals surface area contributed by atoms with Gasteiger partial charge in [-0.15, -0.1) is 11.3 Å². The zero-order valence-electron chi connectivity index (χ0n) is 12.7. The Bertz CT molecular complexity index is 714. The van der Waals surface area contributed by atoms with Gasteiger partial charge in [0.25, 0.3) is 0 Å². The zero-order valence-corrected chi connectivity index (χ0v) is 14.3. The molecular weight excluding hydrogens is 308 g/mol. The van der Waals surface area contributed by atoms with Crippen LogP contribution in [-0.2, 0) is 27.8 Å². The first-order valence-corrected chi connectivity index (χ1v) is 9.47. The summed E-state index contributed by atoms with van der Waals surface area (Å²) in [5, 5.41) is 3.82. The quantitative estimate of drug-likeness (QED) is 0.815. The topological polar surface area (TPSA) is 73.1 Å². The lowest BCUT2D eigenvalue weighted by molar-refractivity contribution is 0.380. The minimum absolute atomic E-state index is 0.0189. The van der Waals surface area contributed by atoms with E-state index < -0.39 is 9.84 Å². The Morgan fingerprint density at radius 2 is 2.00 bits per heavy atom. The lowest BCUT2D eigenvalue weighted by Crippen LogP contribution is -2.08. The highest BCUT2D eigenvalue weighted by atomic mass is 32.2. The molecule has 0 saturated heterocycles. The second kappa shape index (κ2) is 6.27. The van der Waals surface area contributed by atoms with Crippen LogP contribution in [0.2, 0.25) is 0 Å². The maximum atomic E-state index is 12.2. The minimum atomic E-state index is -3.30. The number of hydrogen-bond donors (Lipinski definition) is 0. The Hall–Kier alpha value is -1.21. The molecule has 0 bridgehead atoms. The van der Waals surface area contributed by atoms with E-state index in [1.54, 1.807) is 11.3 Å². The van der Waals surface area contributed by atoms with Crippen LogP contribution in [0, 0.1) is 19.8 Å². The summed E-state index contributed by atoms with van der Waals surface area (Å²) in [6, 6.07) is 1.93. The Labute approximate surface area is 129 Å². The van der Waals surface area contributed by atoms with Crippen LogP contribution in [0.15, 0.2) is 10.6 Å². The highest BCUT2D eigenvalue weighted by Crippen LogP contribution is 2.23. The summed E-state index contributed by atoms with van der Waals surface area (Å²) in [6.45, 7) is 8.02. The first-order chi connectivity index (χ1) is 9.75. The van der Waals surface area contributed by atoms with Gasteiger partial charge in [-0.25, -0.2) is 8.42 Å². The summed E-state index contributed by atoms with van der Waals surface area (Å²) < 4.78 is 29.5. The number of aromatic nitrogens is 2. The Balaban J connectivity index is 2.07. The molecular formula is C14H20N2O3S2. The second-order valence-electron chi connectivity index (χ2n) is 5.67. The van der Waals surface area contributed by atoms with Crippen LogP contribution in [0.5, 0.6) is 0 Å². The van der Waals surface area contributed by atoms with Crippen LogP contribution in [-0.4, -0.2) is 18.6 Å². The van der Waals surface area contributed by atoms with Crippen molar-refractivity contribution in [2.24, 2.45) is 5.92 Å². The molecule has 2 aromatic heterocycles. The van der Waals surface area contributed by atoms with Crippen LogP contribution in [0.3, 0.4) is 0 Å².